The second-order valence-electron chi connectivity index (χ2n) is 7.91. The van der Waals surface area contributed by atoms with Crippen LogP contribution in [0.3, 0.4) is 0 Å². The number of hydrogen-bond donors (Lipinski definition) is 0. The predicted molar refractivity (Wildman–Crippen MR) is 123 cm³/mol. The van der Waals surface area contributed by atoms with E-state index in [0.29, 0.717) is 31.8 Å². The van der Waals surface area contributed by atoms with E-state index < -0.39 is 10.0 Å². The molecule has 1 heterocycles. The van der Waals surface area contributed by atoms with Crippen LogP contribution >= 0.6 is 0 Å². The van der Waals surface area contributed by atoms with Crippen LogP contribution in [0.1, 0.15) is 42.6 Å². The van der Waals surface area contributed by atoms with Gasteiger partial charge in [-0.15, -0.1) is 0 Å². The number of ether oxygens (including phenoxy) is 2. The molecule has 2 aromatic carbocycles. The summed E-state index contributed by atoms with van der Waals surface area (Å²) >= 11 is 0. The van der Waals surface area contributed by atoms with Crippen molar-refractivity contribution in [2.45, 2.75) is 44.2 Å². The molecule has 7 nitrogen and oxygen atoms in total. The Morgan fingerprint density at radius 2 is 1.94 bits per heavy atom. The van der Waals surface area contributed by atoms with E-state index in [9.17, 15) is 17.6 Å². The fourth-order valence-electron chi connectivity index (χ4n) is 4.01. The number of halogens is 1. The van der Waals surface area contributed by atoms with E-state index in [0.717, 1.165) is 12.8 Å². The lowest BCUT2D eigenvalue weighted by Crippen LogP contribution is -2.37. The molecular weight excluding hydrogens is 447 g/mol. The summed E-state index contributed by atoms with van der Waals surface area (Å²) in [4.78, 5) is 15.1. The third-order valence-corrected chi connectivity index (χ3v) is 7.80. The van der Waals surface area contributed by atoms with Gasteiger partial charge < -0.3 is 14.4 Å². The van der Waals surface area contributed by atoms with Gasteiger partial charge in [-0.3, -0.25) is 4.79 Å². The molecule has 1 aliphatic rings. The highest BCUT2D eigenvalue weighted by Gasteiger charge is 2.29. The van der Waals surface area contributed by atoms with Gasteiger partial charge in [-0.2, -0.15) is 4.31 Å². The molecule has 1 saturated heterocycles. The predicted octanol–water partition coefficient (Wildman–Crippen LogP) is 3.69. The lowest BCUT2D eigenvalue weighted by molar-refractivity contribution is 0.0507. The van der Waals surface area contributed by atoms with Crippen LogP contribution in [-0.4, -0.2) is 63.0 Å². The fraction of sp³-hybridized carbons (Fsp3) is 0.458. The Balaban J connectivity index is 1.97. The molecule has 1 amide bonds. The summed E-state index contributed by atoms with van der Waals surface area (Å²) in [6, 6.07) is 10.5. The van der Waals surface area contributed by atoms with E-state index >= 15 is 0 Å². The van der Waals surface area contributed by atoms with E-state index in [1.54, 1.807) is 36.9 Å². The Morgan fingerprint density at radius 1 is 1.18 bits per heavy atom. The Labute approximate surface area is 195 Å². The molecule has 0 spiro atoms. The van der Waals surface area contributed by atoms with Crippen LogP contribution in [0.15, 0.2) is 47.4 Å². The number of nitrogens with zero attached hydrogens (tertiary/aromatic N) is 2. The van der Waals surface area contributed by atoms with Gasteiger partial charge in [-0.05, 0) is 48.7 Å². The topological polar surface area (TPSA) is 76.2 Å². The lowest BCUT2D eigenvalue weighted by Gasteiger charge is -2.26. The molecule has 2 aromatic rings. The Hall–Kier alpha value is -2.49. The highest BCUT2D eigenvalue weighted by atomic mass is 32.2. The van der Waals surface area contributed by atoms with E-state index in [4.69, 9.17) is 9.47 Å². The molecule has 0 aromatic heterocycles. The third-order valence-electron chi connectivity index (χ3n) is 5.73. The second kappa shape index (κ2) is 11.1. The largest absolute Gasteiger partial charge is 0.495 e. The number of amides is 1. The smallest absolute Gasteiger partial charge is 0.254 e. The minimum absolute atomic E-state index is 0.0534. The lowest BCUT2D eigenvalue weighted by atomic mass is 10.1. The zero-order valence-corrected chi connectivity index (χ0v) is 20.1. The minimum Gasteiger partial charge on any atom is -0.495 e. The first-order valence-electron chi connectivity index (χ1n) is 11.1. The molecule has 1 atom stereocenters. The molecule has 3 rings (SSSR count). The molecule has 0 N–H and O–H groups in total. The van der Waals surface area contributed by atoms with Gasteiger partial charge in [0.05, 0.1) is 13.2 Å². The molecule has 0 bridgehead atoms. The number of carbonyl (C=O) groups is 1. The normalized spacial score (nSPS) is 16.2. The van der Waals surface area contributed by atoms with Crippen LogP contribution in [0.4, 0.5) is 4.39 Å². The second-order valence-corrected chi connectivity index (χ2v) is 9.81. The maximum Gasteiger partial charge on any atom is 0.254 e. The van der Waals surface area contributed by atoms with Crippen LogP contribution in [0.25, 0.3) is 0 Å². The van der Waals surface area contributed by atoms with Crippen LogP contribution in [0.5, 0.6) is 5.75 Å². The molecule has 1 aliphatic heterocycles. The standard InChI is InChI=1S/C24H31FN2O5S/c1-4-27(5-2)33(29,30)23-15-19(11-12-22(23)31-3)24(28)26(17-21-10-7-13-32-21)16-18-8-6-9-20(25)14-18/h6,8-9,11-12,14-15,21H,4-5,7,10,13,16-17H2,1-3H3. The van der Waals surface area contributed by atoms with Gasteiger partial charge >= 0.3 is 0 Å². The van der Waals surface area contributed by atoms with E-state index in [-0.39, 0.29) is 40.6 Å². The van der Waals surface area contributed by atoms with Gasteiger partial charge in [0.25, 0.3) is 5.91 Å². The summed E-state index contributed by atoms with van der Waals surface area (Å²) in [5, 5.41) is 0. The summed E-state index contributed by atoms with van der Waals surface area (Å²) in [5.41, 5.74) is 0.863. The maximum absolute atomic E-state index is 13.7. The van der Waals surface area contributed by atoms with Crippen molar-refractivity contribution in [2.75, 3.05) is 33.4 Å². The summed E-state index contributed by atoms with van der Waals surface area (Å²) in [6.07, 6.45) is 1.64. The van der Waals surface area contributed by atoms with Crippen molar-refractivity contribution in [3.05, 3.63) is 59.4 Å². The fourth-order valence-corrected chi connectivity index (χ4v) is 5.65. The number of hydrogen-bond acceptors (Lipinski definition) is 5. The van der Waals surface area contributed by atoms with E-state index in [1.165, 1.54) is 35.7 Å². The van der Waals surface area contributed by atoms with Crippen LogP contribution in [0.2, 0.25) is 0 Å². The first-order chi connectivity index (χ1) is 15.8. The van der Waals surface area contributed by atoms with E-state index in [2.05, 4.69) is 0 Å². The minimum atomic E-state index is -3.85. The number of rotatable bonds is 10. The van der Waals surface area contributed by atoms with Crippen molar-refractivity contribution in [1.82, 2.24) is 9.21 Å². The Bertz CT molecular complexity index is 1070. The Morgan fingerprint density at radius 3 is 2.55 bits per heavy atom. The monoisotopic (exact) mass is 478 g/mol. The molecule has 0 radical (unpaired) electrons. The quantitative estimate of drug-likeness (QED) is 0.521. The average molecular weight is 479 g/mol. The van der Waals surface area contributed by atoms with Crippen molar-refractivity contribution in [3.8, 4) is 5.75 Å². The highest BCUT2D eigenvalue weighted by Crippen LogP contribution is 2.29. The third kappa shape index (κ3) is 5.90. The van der Waals surface area contributed by atoms with Crippen LogP contribution in [0, 0.1) is 5.82 Å². The molecule has 0 aliphatic carbocycles. The van der Waals surface area contributed by atoms with Gasteiger partial charge in [-0.1, -0.05) is 26.0 Å². The summed E-state index contributed by atoms with van der Waals surface area (Å²) < 4.78 is 52.4. The van der Waals surface area contributed by atoms with E-state index in [1.807, 2.05) is 0 Å². The van der Waals surface area contributed by atoms with Crippen molar-refractivity contribution < 1.29 is 27.1 Å². The molecule has 33 heavy (non-hydrogen) atoms. The van der Waals surface area contributed by atoms with Crippen LogP contribution in [-0.2, 0) is 21.3 Å². The number of methoxy groups -OCH3 is 1. The molecule has 180 valence electrons. The van der Waals surface area contributed by atoms with Crippen LogP contribution < -0.4 is 4.74 Å². The number of carbonyl (C=O) groups excluding carboxylic acids is 1. The zero-order valence-electron chi connectivity index (χ0n) is 19.3. The number of benzene rings is 2. The summed E-state index contributed by atoms with van der Waals surface area (Å²) in [7, 11) is -2.45. The first kappa shape index (κ1) is 25.1. The SMILES string of the molecule is CCN(CC)S(=O)(=O)c1cc(C(=O)N(Cc2cccc(F)c2)CC2CCCO2)ccc1OC. The maximum atomic E-state index is 13.7. The van der Waals surface area contributed by atoms with Gasteiger partial charge in [0.1, 0.15) is 16.5 Å². The Kier molecular flexibility index (Phi) is 8.45. The van der Waals surface area contributed by atoms with Gasteiger partial charge in [0.15, 0.2) is 0 Å². The molecular formula is C24H31FN2O5S. The van der Waals surface area contributed by atoms with Gasteiger partial charge in [0.2, 0.25) is 10.0 Å². The van der Waals surface area contributed by atoms with Gasteiger partial charge in [-0.25, -0.2) is 12.8 Å². The first-order valence-corrected chi connectivity index (χ1v) is 12.6. The summed E-state index contributed by atoms with van der Waals surface area (Å²) in [5.74, 6) is -0.559. The van der Waals surface area contributed by atoms with Crippen molar-refractivity contribution >= 4 is 15.9 Å². The van der Waals surface area contributed by atoms with Crippen molar-refractivity contribution in [1.29, 1.82) is 0 Å². The molecule has 9 heteroatoms. The molecule has 1 fully saturated rings. The number of sulfonamides is 1. The molecule has 0 saturated carbocycles. The molecule has 1 unspecified atom stereocenters. The van der Waals surface area contributed by atoms with Crippen molar-refractivity contribution in [3.63, 3.8) is 0 Å². The highest BCUT2D eigenvalue weighted by molar-refractivity contribution is 7.89. The van der Waals surface area contributed by atoms with Gasteiger partial charge in [0, 0.05) is 38.3 Å². The van der Waals surface area contributed by atoms with Crippen molar-refractivity contribution in [2.24, 2.45) is 0 Å². The average Bonchev–Trinajstić information content (AvgIpc) is 3.31. The zero-order chi connectivity index (χ0) is 24.0. The summed E-state index contributed by atoms with van der Waals surface area (Å²) in [6.45, 7) is 5.26.